The maximum absolute atomic E-state index is 3.91. The van der Waals surface area contributed by atoms with E-state index in [4.69, 9.17) is 0 Å². The molecule has 0 amide bonds. The Morgan fingerprint density at radius 1 is 1.05 bits per heavy atom. The number of allylic oxidation sites excluding steroid dienone is 1. The topological polar surface area (TPSA) is 12.0 Å². The fraction of sp³-hybridized carbons (Fsp3) is 0.619. The van der Waals surface area contributed by atoms with Crippen LogP contribution in [-0.4, -0.2) is 0 Å². The molecule has 0 fully saturated rings. The van der Waals surface area contributed by atoms with E-state index in [0.717, 1.165) is 5.70 Å². The first-order valence-corrected chi connectivity index (χ1v) is 8.25. The number of hydrogen-bond acceptors (Lipinski definition) is 1. The molecule has 1 heteroatoms. The van der Waals surface area contributed by atoms with Crippen LogP contribution in [0.1, 0.15) is 85.0 Å². The molecular formula is C21H37N. The molecule has 1 nitrogen and oxygen atoms in total. The van der Waals surface area contributed by atoms with Crippen LogP contribution in [0.25, 0.3) is 0 Å². The van der Waals surface area contributed by atoms with Gasteiger partial charge in [-0.15, -0.1) is 0 Å². The SMILES string of the molecule is C=C(C)NC(C)c1cccc(C(C)(C)C)c1C.CC(C)(C)C. The minimum absolute atomic E-state index is 0.197. The van der Waals surface area contributed by atoms with Crippen molar-refractivity contribution in [2.45, 2.75) is 80.7 Å². The monoisotopic (exact) mass is 303 g/mol. The second-order valence-corrected chi connectivity index (χ2v) is 8.92. The molecular weight excluding hydrogens is 266 g/mol. The lowest BCUT2D eigenvalue weighted by atomic mass is 9.81. The van der Waals surface area contributed by atoms with Crippen molar-refractivity contribution < 1.29 is 0 Å². The third-order valence-corrected chi connectivity index (χ3v) is 3.11. The highest BCUT2D eigenvalue weighted by atomic mass is 14.9. The van der Waals surface area contributed by atoms with E-state index in [2.05, 4.69) is 92.4 Å². The van der Waals surface area contributed by atoms with Crippen LogP contribution in [0.15, 0.2) is 30.5 Å². The molecule has 1 N–H and O–H groups in total. The lowest BCUT2D eigenvalue weighted by Crippen LogP contribution is -2.19. The lowest BCUT2D eigenvalue weighted by Gasteiger charge is -2.26. The van der Waals surface area contributed by atoms with E-state index in [1.165, 1.54) is 16.7 Å². The number of rotatable bonds is 3. The van der Waals surface area contributed by atoms with Crippen molar-refractivity contribution in [3.8, 4) is 0 Å². The fourth-order valence-electron chi connectivity index (χ4n) is 2.38. The van der Waals surface area contributed by atoms with Crippen LogP contribution < -0.4 is 5.32 Å². The van der Waals surface area contributed by atoms with Crippen LogP contribution in [0.5, 0.6) is 0 Å². The van der Waals surface area contributed by atoms with Gasteiger partial charge in [0, 0.05) is 11.7 Å². The van der Waals surface area contributed by atoms with Crippen molar-refractivity contribution >= 4 is 0 Å². The Balaban J connectivity index is 0.000000763. The Hall–Kier alpha value is -1.24. The van der Waals surface area contributed by atoms with Crippen LogP contribution in [0.3, 0.4) is 0 Å². The maximum Gasteiger partial charge on any atom is 0.0485 e. The van der Waals surface area contributed by atoms with Crippen molar-refractivity contribution in [1.29, 1.82) is 0 Å². The van der Waals surface area contributed by atoms with Crippen molar-refractivity contribution in [3.05, 3.63) is 47.2 Å². The molecule has 0 aromatic heterocycles. The molecule has 1 aromatic carbocycles. The van der Waals surface area contributed by atoms with Gasteiger partial charge in [0.15, 0.2) is 0 Å². The molecule has 0 saturated heterocycles. The zero-order chi connectivity index (χ0) is 17.7. The van der Waals surface area contributed by atoms with Crippen LogP contribution in [0.4, 0.5) is 0 Å². The van der Waals surface area contributed by atoms with Crippen LogP contribution >= 0.6 is 0 Å². The van der Waals surface area contributed by atoms with Crippen molar-refractivity contribution in [3.63, 3.8) is 0 Å². The Morgan fingerprint density at radius 2 is 1.50 bits per heavy atom. The maximum atomic E-state index is 3.91. The van der Waals surface area contributed by atoms with Gasteiger partial charge in [-0.25, -0.2) is 0 Å². The second-order valence-electron chi connectivity index (χ2n) is 8.92. The summed E-state index contributed by atoms with van der Waals surface area (Å²) in [5, 5.41) is 3.38. The molecule has 0 aliphatic heterocycles. The zero-order valence-electron chi connectivity index (χ0n) is 16.5. The standard InChI is InChI=1S/C16H25N.C5H12/c1-11(2)17-13(4)14-9-8-10-15(12(14)3)16(5,6)7;1-5(2,3)4/h8-10,13,17H,1H2,2-7H3;1-4H3. The van der Waals surface area contributed by atoms with E-state index < -0.39 is 0 Å². The first kappa shape index (κ1) is 20.8. The summed E-state index contributed by atoms with van der Waals surface area (Å²) < 4.78 is 0. The van der Waals surface area contributed by atoms with Gasteiger partial charge in [0.2, 0.25) is 0 Å². The van der Waals surface area contributed by atoms with Crippen molar-refractivity contribution in [2.24, 2.45) is 5.41 Å². The van der Waals surface area contributed by atoms with Gasteiger partial charge in [0.25, 0.3) is 0 Å². The average Bonchev–Trinajstić information content (AvgIpc) is 2.23. The van der Waals surface area contributed by atoms with E-state index in [1.54, 1.807) is 0 Å². The molecule has 0 bridgehead atoms. The van der Waals surface area contributed by atoms with E-state index in [9.17, 15) is 0 Å². The average molecular weight is 304 g/mol. The largest absolute Gasteiger partial charge is 0.383 e. The highest BCUT2D eigenvalue weighted by molar-refractivity contribution is 5.39. The molecule has 0 aliphatic carbocycles. The fourth-order valence-corrected chi connectivity index (χ4v) is 2.38. The third-order valence-electron chi connectivity index (χ3n) is 3.11. The van der Waals surface area contributed by atoms with Gasteiger partial charge >= 0.3 is 0 Å². The first-order valence-electron chi connectivity index (χ1n) is 8.25. The molecule has 0 spiro atoms. The molecule has 1 rings (SSSR count). The summed E-state index contributed by atoms with van der Waals surface area (Å²) in [7, 11) is 0. The molecule has 0 aliphatic rings. The molecule has 1 unspecified atom stereocenters. The first-order chi connectivity index (χ1) is 9.73. The number of hydrogen-bond donors (Lipinski definition) is 1. The van der Waals surface area contributed by atoms with Crippen molar-refractivity contribution in [2.75, 3.05) is 0 Å². The predicted octanol–water partition coefficient (Wildman–Crippen LogP) is 6.53. The minimum Gasteiger partial charge on any atom is -0.383 e. The summed E-state index contributed by atoms with van der Waals surface area (Å²) in [5.41, 5.74) is 5.88. The van der Waals surface area contributed by atoms with Crippen molar-refractivity contribution in [1.82, 2.24) is 5.32 Å². The summed E-state index contributed by atoms with van der Waals surface area (Å²) in [6.45, 7) is 25.8. The third kappa shape index (κ3) is 8.26. The normalized spacial score (nSPS) is 13.0. The van der Waals surface area contributed by atoms with Gasteiger partial charge in [-0.05, 0) is 48.3 Å². The summed E-state index contributed by atoms with van der Waals surface area (Å²) in [6.07, 6.45) is 0. The zero-order valence-corrected chi connectivity index (χ0v) is 16.5. The van der Waals surface area contributed by atoms with Crippen LogP contribution in [-0.2, 0) is 5.41 Å². The van der Waals surface area contributed by atoms with E-state index in [0.29, 0.717) is 11.5 Å². The Morgan fingerprint density at radius 3 is 1.86 bits per heavy atom. The van der Waals surface area contributed by atoms with E-state index >= 15 is 0 Å². The number of nitrogens with one attached hydrogen (secondary N) is 1. The second kappa shape index (κ2) is 7.85. The van der Waals surface area contributed by atoms with Crippen LogP contribution in [0.2, 0.25) is 0 Å². The van der Waals surface area contributed by atoms with Gasteiger partial charge in [-0.1, -0.05) is 73.2 Å². The molecule has 1 aromatic rings. The van der Waals surface area contributed by atoms with Crippen LogP contribution in [0, 0.1) is 12.3 Å². The predicted molar refractivity (Wildman–Crippen MR) is 101 cm³/mol. The van der Waals surface area contributed by atoms with Gasteiger partial charge in [0.1, 0.15) is 0 Å². The quantitative estimate of drug-likeness (QED) is 0.669. The molecule has 0 radical (unpaired) electrons. The highest BCUT2D eigenvalue weighted by Gasteiger charge is 2.19. The Bertz CT molecular complexity index is 478. The van der Waals surface area contributed by atoms with Gasteiger partial charge in [-0.3, -0.25) is 0 Å². The smallest absolute Gasteiger partial charge is 0.0485 e. The summed E-state index contributed by atoms with van der Waals surface area (Å²) in [5.74, 6) is 0. The minimum atomic E-state index is 0.197. The van der Waals surface area contributed by atoms with E-state index in [-0.39, 0.29) is 5.41 Å². The molecule has 126 valence electrons. The molecule has 22 heavy (non-hydrogen) atoms. The van der Waals surface area contributed by atoms with Gasteiger partial charge in [-0.2, -0.15) is 0 Å². The Labute approximate surface area is 139 Å². The number of benzene rings is 1. The Kier molecular flexibility index (Phi) is 7.41. The highest BCUT2D eigenvalue weighted by Crippen LogP contribution is 2.30. The van der Waals surface area contributed by atoms with Gasteiger partial charge < -0.3 is 5.32 Å². The summed E-state index contributed by atoms with van der Waals surface area (Å²) in [6, 6.07) is 6.90. The molecule has 0 heterocycles. The molecule has 1 atom stereocenters. The molecule has 0 saturated carbocycles. The summed E-state index contributed by atoms with van der Waals surface area (Å²) >= 11 is 0. The van der Waals surface area contributed by atoms with E-state index in [1.807, 2.05) is 6.92 Å². The summed E-state index contributed by atoms with van der Waals surface area (Å²) in [4.78, 5) is 0. The lowest BCUT2D eigenvalue weighted by molar-refractivity contribution is 0.469. The van der Waals surface area contributed by atoms with Gasteiger partial charge in [0.05, 0.1) is 0 Å².